The predicted octanol–water partition coefficient (Wildman–Crippen LogP) is 18.0. The summed E-state index contributed by atoms with van der Waals surface area (Å²) in [6.45, 7) is 6.47. The van der Waals surface area contributed by atoms with Crippen LogP contribution in [0.2, 0.25) is 0 Å². The molecule has 0 aromatic rings. The molecule has 0 heterocycles. The van der Waals surface area contributed by atoms with E-state index in [4.69, 9.17) is 14.2 Å². The molecule has 0 aromatic carbocycles. The van der Waals surface area contributed by atoms with Crippen LogP contribution in [0, 0.1) is 0 Å². The second kappa shape index (κ2) is 53.2. The van der Waals surface area contributed by atoms with Gasteiger partial charge in [-0.25, -0.2) is 0 Å². The molecule has 0 saturated carbocycles. The minimum atomic E-state index is -0.789. The molecule has 0 amide bonds. The smallest absolute Gasteiger partial charge is 0.306 e. The Balaban J connectivity index is 4.37. The summed E-state index contributed by atoms with van der Waals surface area (Å²) in [5, 5.41) is 0. The second-order valence-electron chi connectivity index (χ2n) is 17.8. The zero-order valence-corrected chi connectivity index (χ0v) is 42.5. The predicted molar refractivity (Wildman–Crippen MR) is 279 cm³/mol. The molecule has 0 saturated heterocycles. The van der Waals surface area contributed by atoms with E-state index in [1.807, 2.05) is 0 Å². The van der Waals surface area contributed by atoms with Crippen LogP contribution >= 0.6 is 0 Å². The van der Waals surface area contributed by atoms with Gasteiger partial charge in [0.1, 0.15) is 13.2 Å². The average molecular weight is 905 g/mol. The number of rotatable bonds is 48. The minimum absolute atomic E-state index is 0.0866. The molecule has 0 radical (unpaired) electrons. The second-order valence-corrected chi connectivity index (χ2v) is 17.8. The number of hydrogen-bond donors (Lipinski definition) is 0. The van der Waals surface area contributed by atoms with E-state index in [2.05, 4.69) is 106 Å². The first-order valence-corrected chi connectivity index (χ1v) is 27.1. The lowest BCUT2D eigenvalue weighted by Gasteiger charge is -2.18. The van der Waals surface area contributed by atoms with Crippen molar-refractivity contribution in [2.75, 3.05) is 13.2 Å². The van der Waals surface area contributed by atoms with Crippen molar-refractivity contribution in [1.82, 2.24) is 0 Å². The average Bonchev–Trinajstić information content (AvgIpc) is 3.30. The molecular formula is C59H100O6. The van der Waals surface area contributed by atoms with Gasteiger partial charge < -0.3 is 14.2 Å². The van der Waals surface area contributed by atoms with Gasteiger partial charge in [-0.2, -0.15) is 0 Å². The molecule has 65 heavy (non-hydrogen) atoms. The van der Waals surface area contributed by atoms with Crippen molar-refractivity contribution in [3.8, 4) is 0 Å². The highest BCUT2D eigenvalue weighted by atomic mass is 16.6. The largest absolute Gasteiger partial charge is 0.462 e. The van der Waals surface area contributed by atoms with E-state index < -0.39 is 6.10 Å². The molecule has 0 aromatic heterocycles. The SMILES string of the molecule is CC/C=C\C/C=C\C/C=C\C/C=C\C/C=C\C/C=C\CCCCCCC(=O)OCC(COC(=O)CCCCCCCCCCCCCC)OC(=O)CCCCCCC/C=C\CCCCC. The van der Waals surface area contributed by atoms with Gasteiger partial charge in [-0.1, -0.05) is 221 Å². The Kier molecular flexibility index (Phi) is 50.4. The van der Waals surface area contributed by atoms with E-state index in [-0.39, 0.29) is 31.1 Å². The molecule has 0 N–H and O–H groups in total. The quantitative estimate of drug-likeness (QED) is 0.0262. The number of esters is 3. The lowest BCUT2D eigenvalue weighted by Crippen LogP contribution is -2.30. The lowest BCUT2D eigenvalue weighted by atomic mass is 10.0. The fourth-order valence-corrected chi connectivity index (χ4v) is 7.32. The Morgan fingerprint density at radius 3 is 0.985 bits per heavy atom. The molecular weight excluding hydrogens is 805 g/mol. The lowest BCUT2D eigenvalue weighted by molar-refractivity contribution is -0.167. The van der Waals surface area contributed by atoms with E-state index in [9.17, 15) is 14.4 Å². The summed E-state index contributed by atoms with van der Waals surface area (Å²) in [6, 6.07) is 0. The molecule has 0 spiro atoms. The Labute approximate surface area is 401 Å². The van der Waals surface area contributed by atoms with Crippen LogP contribution in [0.3, 0.4) is 0 Å². The van der Waals surface area contributed by atoms with E-state index in [0.717, 1.165) is 122 Å². The zero-order chi connectivity index (χ0) is 47.2. The van der Waals surface area contributed by atoms with Gasteiger partial charge in [-0.15, -0.1) is 0 Å². The first-order valence-electron chi connectivity index (χ1n) is 27.1. The normalized spacial score (nSPS) is 12.7. The molecule has 0 aliphatic rings. The Morgan fingerprint density at radius 2 is 0.600 bits per heavy atom. The molecule has 0 aliphatic heterocycles. The van der Waals surface area contributed by atoms with Crippen LogP contribution in [-0.2, 0) is 28.6 Å². The monoisotopic (exact) mass is 905 g/mol. The van der Waals surface area contributed by atoms with Crippen LogP contribution in [0.15, 0.2) is 85.1 Å². The van der Waals surface area contributed by atoms with Crippen LogP contribution in [-0.4, -0.2) is 37.2 Å². The third kappa shape index (κ3) is 51.4. The summed E-state index contributed by atoms with van der Waals surface area (Å²) in [5.74, 6) is -0.920. The van der Waals surface area contributed by atoms with Crippen LogP contribution in [0.5, 0.6) is 0 Å². The van der Waals surface area contributed by atoms with Gasteiger partial charge in [0.2, 0.25) is 0 Å². The highest BCUT2D eigenvalue weighted by Gasteiger charge is 2.19. The van der Waals surface area contributed by atoms with E-state index in [1.54, 1.807) is 0 Å². The van der Waals surface area contributed by atoms with Crippen LogP contribution in [0.25, 0.3) is 0 Å². The van der Waals surface area contributed by atoms with Crippen molar-refractivity contribution in [3.63, 3.8) is 0 Å². The molecule has 1 atom stereocenters. The maximum absolute atomic E-state index is 12.8. The summed E-state index contributed by atoms with van der Waals surface area (Å²) < 4.78 is 16.8. The topological polar surface area (TPSA) is 78.9 Å². The highest BCUT2D eigenvalue weighted by molar-refractivity contribution is 5.71. The molecule has 0 aliphatic carbocycles. The number of carbonyl (C=O) groups is 3. The maximum atomic E-state index is 12.8. The van der Waals surface area contributed by atoms with Gasteiger partial charge >= 0.3 is 17.9 Å². The zero-order valence-electron chi connectivity index (χ0n) is 42.5. The van der Waals surface area contributed by atoms with Gasteiger partial charge in [0, 0.05) is 19.3 Å². The van der Waals surface area contributed by atoms with Crippen molar-refractivity contribution in [2.45, 2.75) is 258 Å². The number of allylic oxidation sites excluding steroid dienone is 14. The third-order valence-corrected chi connectivity index (χ3v) is 11.4. The standard InChI is InChI=1S/C59H100O6/c1-4-7-10-13-16-19-22-25-26-27-28-29-30-31-32-33-34-35-38-40-43-46-49-52-58(61)64-55-56(65-59(62)53-50-47-44-41-37-24-21-18-15-12-9-6-3)54-63-57(60)51-48-45-42-39-36-23-20-17-14-11-8-5-2/h7,10,16,18-19,21,25-26,28-29,31-32,34-35,56H,4-6,8-9,11-15,17,20,22-24,27,30,33,36-55H2,1-3H3/b10-7-,19-16-,21-18-,26-25-,29-28-,32-31-,35-34-. The van der Waals surface area contributed by atoms with Crippen LogP contribution in [0.1, 0.15) is 252 Å². The Bertz CT molecular complexity index is 1270. The fraction of sp³-hybridized carbons (Fsp3) is 0.712. The van der Waals surface area contributed by atoms with E-state index >= 15 is 0 Å². The summed E-state index contributed by atoms with van der Waals surface area (Å²) in [6.07, 6.45) is 68.5. The first kappa shape index (κ1) is 61.6. The van der Waals surface area contributed by atoms with Gasteiger partial charge in [-0.3, -0.25) is 14.4 Å². The Hall–Kier alpha value is -3.41. The van der Waals surface area contributed by atoms with Crippen LogP contribution < -0.4 is 0 Å². The Morgan fingerprint density at radius 1 is 0.323 bits per heavy atom. The molecule has 0 bridgehead atoms. The van der Waals surface area contributed by atoms with Gasteiger partial charge in [-0.05, 0) is 96.3 Å². The molecule has 1 unspecified atom stereocenters. The molecule has 372 valence electrons. The van der Waals surface area contributed by atoms with E-state index in [0.29, 0.717) is 19.3 Å². The summed E-state index contributed by atoms with van der Waals surface area (Å²) in [7, 11) is 0. The summed E-state index contributed by atoms with van der Waals surface area (Å²) >= 11 is 0. The highest BCUT2D eigenvalue weighted by Crippen LogP contribution is 2.14. The minimum Gasteiger partial charge on any atom is -0.462 e. The third-order valence-electron chi connectivity index (χ3n) is 11.4. The van der Waals surface area contributed by atoms with E-state index in [1.165, 1.54) is 89.9 Å². The summed E-state index contributed by atoms with van der Waals surface area (Å²) in [4.78, 5) is 38.0. The molecule has 0 rings (SSSR count). The number of hydrogen-bond acceptors (Lipinski definition) is 6. The van der Waals surface area contributed by atoms with Gasteiger partial charge in [0.25, 0.3) is 0 Å². The molecule has 0 fully saturated rings. The molecule has 6 heteroatoms. The fourth-order valence-electron chi connectivity index (χ4n) is 7.32. The van der Waals surface area contributed by atoms with Crippen molar-refractivity contribution < 1.29 is 28.6 Å². The van der Waals surface area contributed by atoms with Crippen molar-refractivity contribution in [2.24, 2.45) is 0 Å². The first-order chi connectivity index (χ1) is 32.0. The van der Waals surface area contributed by atoms with Crippen molar-refractivity contribution in [1.29, 1.82) is 0 Å². The maximum Gasteiger partial charge on any atom is 0.306 e. The van der Waals surface area contributed by atoms with Crippen molar-refractivity contribution in [3.05, 3.63) is 85.1 Å². The number of unbranched alkanes of at least 4 members (excludes halogenated alkanes) is 23. The van der Waals surface area contributed by atoms with Gasteiger partial charge in [0.05, 0.1) is 0 Å². The van der Waals surface area contributed by atoms with Gasteiger partial charge in [0.15, 0.2) is 6.10 Å². The summed E-state index contributed by atoms with van der Waals surface area (Å²) in [5.41, 5.74) is 0. The number of carbonyl (C=O) groups excluding carboxylic acids is 3. The van der Waals surface area contributed by atoms with Crippen LogP contribution in [0.4, 0.5) is 0 Å². The molecule has 6 nitrogen and oxygen atoms in total. The number of ether oxygens (including phenoxy) is 3. The van der Waals surface area contributed by atoms with Crippen molar-refractivity contribution >= 4 is 17.9 Å².